The van der Waals surface area contributed by atoms with Crippen molar-refractivity contribution in [3.05, 3.63) is 12.2 Å². The SMILES string of the molecule is CC=CC(=N)C=O. The molecule has 0 spiro atoms. The highest BCUT2D eigenvalue weighted by molar-refractivity contribution is 6.32. The Morgan fingerprint density at radius 3 is 2.43 bits per heavy atom. The van der Waals surface area contributed by atoms with E-state index >= 15 is 0 Å². The molecule has 0 bridgehead atoms. The molecule has 0 fully saturated rings. The molecular formula is C5H7NO. The highest BCUT2D eigenvalue weighted by Gasteiger charge is 1.77. The summed E-state index contributed by atoms with van der Waals surface area (Å²) in [5.41, 5.74) is 0.0162. The van der Waals surface area contributed by atoms with Gasteiger partial charge in [-0.25, -0.2) is 0 Å². The summed E-state index contributed by atoms with van der Waals surface area (Å²) in [7, 11) is 0. The fraction of sp³-hybridized carbons (Fsp3) is 0.200. The molecule has 0 radical (unpaired) electrons. The van der Waals surface area contributed by atoms with Crippen LogP contribution in [0.25, 0.3) is 0 Å². The zero-order valence-corrected chi connectivity index (χ0v) is 4.14. The van der Waals surface area contributed by atoms with Crippen LogP contribution in [-0.4, -0.2) is 12.0 Å². The molecule has 1 N–H and O–H groups in total. The minimum absolute atomic E-state index is 0.0162. The van der Waals surface area contributed by atoms with E-state index in [-0.39, 0.29) is 5.71 Å². The van der Waals surface area contributed by atoms with Gasteiger partial charge in [-0.05, 0) is 13.0 Å². The van der Waals surface area contributed by atoms with Crippen LogP contribution >= 0.6 is 0 Å². The minimum Gasteiger partial charge on any atom is -0.298 e. The van der Waals surface area contributed by atoms with Crippen molar-refractivity contribution in [2.75, 3.05) is 0 Å². The summed E-state index contributed by atoms with van der Waals surface area (Å²) in [5, 5.41) is 6.68. The Balaban J connectivity index is 3.58. The number of hydrogen-bond acceptors (Lipinski definition) is 2. The lowest BCUT2D eigenvalue weighted by Crippen LogP contribution is -1.88. The summed E-state index contributed by atoms with van der Waals surface area (Å²) in [6.45, 7) is 1.76. The third-order valence-electron chi connectivity index (χ3n) is 0.473. The number of carbonyl (C=O) groups is 1. The van der Waals surface area contributed by atoms with Gasteiger partial charge in [-0.1, -0.05) is 6.08 Å². The molecule has 0 rings (SSSR count). The van der Waals surface area contributed by atoms with Crippen molar-refractivity contribution in [1.82, 2.24) is 0 Å². The van der Waals surface area contributed by atoms with Crippen LogP contribution in [0.2, 0.25) is 0 Å². The molecule has 0 unspecified atom stereocenters. The fourth-order valence-corrected chi connectivity index (χ4v) is 0.219. The fourth-order valence-electron chi connectivity index (χ4n) is 0.219. The molecule has 0 saturated carbocycles. The lowest BCUT2D eigenvalue weighted by Gasteiger charge is -1.73. The van der Waals surface area contributed by atoms with Crippen molar-refractivity contribution in [3.8, 4) is 0 Å². The van der Waals surface area contributed by atoms with Gasteiger partial charge in [-0.15, -0.1) is 0 Å². The Morgan fingerprint density at radius 2 is 2.29 bits per heavy atom. The van der Waals surface area contributed by atoms with Crippen molar-refractivity contribution in [2.45, 2.75) is 6.92 Å². The largest absolute Gasteiger partial charge is 0.298 e. The Morgan fingerprint density at radius 1 is 1.71 bits per heavy atom. The molecule has 0 atom stereocenters. The summed E-state index contributed by atoms with van der Waals surface area (Å²) in [6, 6.07) is 0. The molecular weight excluding hydrogens is 90.1 g/mol. The van der Waals surface area contributed by atoms with E-state index < -0.39 is 0 Å². The molecule has 0 aromatic rings. The van der Waals surface area contributed by atoms with E-state index in [9.17, 15) is 4.79 Å². The Kier molecular flexibility index (Phi) is 2.85. The van der Waals surface area contributed by atoms with E-state index in [0.717, 1.165) is 0 Å². The van der Waals surface area contributed by atoms with Crippen LogP contribution in [0.1, 0.15) is 6.92 Å². The van der Waals surface area contributed by atoms with Gasteiger partial charge >= 0.3 is 0 Å². The second-order valence-corrected chi connectivity index (χ2v) is 1.07. The summed E-state index contributed by atoms with van der Waals surface area (Å²) in [6.07, 6.45) is 3.59. The number of hydrogen-bond donors (Lipinski definition) is 1. The molecule has 38 valence electrons. The topological polar surface area (TPSA) is 40.9 Å². The van der Waals surface area contributed by atoms with Crippen LogP contribution in [-0.2, 0) is 4.79 Å². The summed E-state index contributed by atoms with van der Waals surface area (Å²) in [5.74, 6) is 0. The minimum atomic E-state index is 0.0162. The standard InChI is InChI=1S/C5H7NO/c1-2-3-5(6)4-7/h2-4,6H,1H3. The van der Waals surface area contributed by atoms with Gasteiger partial charge in [0.25, 0.3) is 0 Å². The zero-order valence-electron chi connectivity index (χ0n) is 4.14. The van der Waals surface area contributed by atoms with E-state index in [4.69, 9.17) is 5.41 Å². The zero-order chi connectivity index (χ0) is 5.70. The van der Waals surface area contributed by atoms with Gasteiger partial charge in [0.15, 0.2) is 6.29 Å². The van der Waals surface area contributed by atoms with Crippen molar-refractivity contribution >= 4 is 12.0 Å². The van der Waals surface area contributed by atoms with E-state index in [1.807, 2.05) is 0 Å². The number of carbonyl (C=O) groups excluding carboxylic acids is 1. The molecule has 0 amide bonds. The van der Waals surface area contributed by atoms with E-state index in [0.29, 0.717) is 6.29 Å². The highest BCUT2D eigenvalue weighted by Crippen LogP contribution is 1.68. The van der Waals surface area contributed by atoms with E-state index in [2.05, 4.69) is 0 Å². The quantitative estimate of drug-likeness (QED) is 0.401. The Bertz CT molecular complexity index is 105. The molecule has 0 heterocycles. The van der Waals surface area contributed by atoms with Gasteiger partial charge in [-0.2, -0.15) is 0 Å². The molecule has 0 aliphatic carbocycles. The molecule has 2 nitrogen and oxygen atoms in total. The van der Waals surface area contributed by atoms with Crippen molar-refractivity contribution in [2.24, 2.45) is 0 Å². The number of aldehydes is 1. The average molecular weight is 97.1 g/mol. The number of nitrogens with one attached hydrogen (secondary N) is 1. The first-order valence-electron chi connectivity index (χ1n) is 1.97. The van der Waals surface area contributed by atoms with Crippen LogP contribution in [0, 0.1) is 5.41 Å². The van der Waals surface area contributed by atoms with E-state index in [1.54, 1.807) is 13.0 Å². The first kappa shape index (κ1) is 6.08. The second kappa shape index (κ2) is 3.28. The van der Waals surface area contributed by atoms with Gasteiger partial charge in [0.05, 0.1) is 5.71 Å². The van der Waals surface area contributed by atoms with Gasteiger partial charge in [0.2, 0.25) is 0 Å². The second-order valence-electron chi connectivity index (χ2n) is 1.07. The third kappa shape index (κ3) is 2.89. The lowest BCUT2D eigenvalue weighted by molar-refractivity contribution is -0.102. The normalized spacial score (nSPS) is 9.29. The number of allylic oxidation sites excluding steroid dienone is 2. The summed E-state index contributed by atoms with van der Waals surface area (Å²) < 4.78 is 0. The first-order valence-corrected chi connectivity index (χ1v) is 1.97. The summed E-state index contributed by atoms with van der Waals surface area (Å²) >= 11 is 0. The van der Waals surface area contributed by atoms with Crippen LogP contribution in [0.3, 0.4) is 0 Å². The molecule has 7 heavy (non-hydrogen) atoms. The molecule has 0 aromatic heterocycles. The van der Waals surface area contributed by atoms with Gasteiger partial charge in [0.1, 0.15) is 0 Å². The summed E-state index contributed by atoms with van der Waals surface area (Å²) in [4.78, 5) is 9.62. The molecule has 0 aliphatic rings. The third-order valence-corrected chi connectivity index (χ3v) is 0.473. The van der Waals surface area contributed by atoms with E-state index in [1.165, 1.54) is 6.08 Å². The van der Waals surface area contributed by atoms with Crippen LogP contribution in [0.4, 0.5) is 0 Å². The number of rotatable bonds is 2. The molecule has 0 aliphatic heterocycles. The van der Waals surface area contributed by atoms with Gasteiger partial charge < -0.3 is 0 Å². The predicted molar refractivity (Wildman–Crippen MR) is 28.6 cm³/mol. The molecule has 0 saturated heterocycles. The predicted octanol–water partition coefficient (Wildman–Crippen LogP) is 0.781. The van der Waals surface area contributed by atoms with Crippen molar-refractivity contribution < 1.29 is 4.79 Å². The van der Waals surface area contributed by atoms with Crippen LogP contribution in [0.5, 0.6) is 0 Å². The Hall–Kier alpha value is -0.920. The van der Waals surface area contributed by atoms with Crippen LogP contribution < -0.4 is 0 Å². The Labute approximate surface area is 42.4 Å². The van der Waals surface area contributed by atoms with Crippen LogP contribution in [0.15, 0.2) is 12.2 Å². The first-order chi connectivity index (χ1) is 3.31. The molecule has 2 heteroatoms. The monoisotopic (exact) mass is 97.1 g/mol. The maximum Gasteiger partial charge on any atom is 0.167 e. The lowest BCUT2D eigenvalue weighted by atomic mass is 10.4. The maximum atomic E-state index is 9.62. The van der Waals surface area contributed by atoms with Crippen molar-refractivity contribution in [1.29, 1.82) is 5.41 Å². The smallest absolute Gasteiger partial charge is 0.167 e. The van der Waals surface area contributed by atoms with Gasteiger partial charge in [0, 0.05) is 0 Å². The highest BCUT2D eigenvalue weighted by atomic mass is 16.1. The maximum absolute atomic E-state index is 9.62. The van der Waals surface area contributed by atoms with Gasteiger partial charge in [-0.3, -0.25) is 10.2 Å². The van der Waals surface area contributed by atoms with Crippen molar-refractivity contribution in [3.63, 3.8) is 0 Å². The average Bonchev–Trinajstić information content (AvgIpc) is 1.68. The molecule has 0 aromatic carbocycles.